The van der Waals surface area contributed by atoms with E-state index in [4.69, 9.17) is 9.47 Å². The van der Waals surface area contributed by atoms with Crippen LogP contribution in [-0.2, 0) is 20.7 Å². The van der Waals surface area contributed by atoms with Crippen LogP contribution in [-0.4, -0.2) is 24.2 Å². The zero-order valence-corrected chi connectivity index (χ0v) is 16.0. The van der Waals surface area contributed by atoms with Crippen molar-refractivity contribution in [1.82, 2.24) is 5.32 Å². The number of ether oxygens (including phenoxy) is 2. The Kier molecular flexibility index (Phi) is 5.08. The molecule has 1 heterocycles. The number of benzene rings is 1. The van der Waals surface area contributed by atoms with Crippen LogP contribution in [0, 0.1) is 13.8 Å². The van der Waals surface area contributed by atoms with E-state index in [1.807, 2.05) is 20.8 Å². The fourth-order valence-corrected chi connectivity index (χ4v) is 4.20. The number of nitrogens with one attached hydrogen (secondary N) is 1. The van der Waals surface area contributed by atoms with E-state index < -0.39 is 11.7 Å². The number of carbonyl (C=O) groups excluding carboxylic acids is 2. The lowest BCUT2D eigenvalue weighted by atomic mass is 9.88. The summed E-state index contributed by atoms with van der Waals surface area (Å²) in [5, 5.41) is 2.66. The Morgan fingerprint density at radius 2 is 1.92 bits per heavy atom. The van der Waals surface area contributed by atoms with Crippen molar-refractivity contribution in [3.05, 3.63) is 40.1 Å². The van der Waals surface area contributed by atoms with Gasteiger partial charge in [0.1, 0.15) is 5.57 Å². The number of rotatable bonds is 4. The minimum atomic E-state index is -0.792. The number of alkyl carbamates (subject to hydrolysis) is 1. The van der Waals surface area contributed by atoms with Crippen molar-refractivity contribution in [3.8, 4) is 0 Å². The van der Waals surface area contributed by atoms with Crippen molar-refractivity contribution in [3.63, 3.8) is 0 Å². The maximum absolute atomic E-state index is 12.9. The van der Waals surface area contributed by atoms with Crippen molar-refractivity contribution in [1.29, 1.82) is 0 Å². The van der Waals surface area contributed by atoms with E-state index in [1.165, 1.54) is 0 Å². The summed E-state index contributed by atoms with van der Waals surface area (Å²) < 4.78 is 11.5. The molecule has 1 amide bonds. The van der Waals surface area contributed by atoms with Crippen LogP contribution in [0.5, 0.6) is 0 Å². The molecule has 1 aromatic rings. The zero-order chi connectivity index (χ0) is 18.9. The first kappa shape index (κ1) is 18.5. The number of amides is 1. The van der Waals surface area contributed by atoms with Gasteiger partial charge in [-0.05, 0) is 69.6 Å². The van der Waals surface area contributed by atoms with Gasteiger partial charge in [-0.15, -0.1) is 0 Å². The van der Waals surface area contributed by atoms with Crippen molar-refractivity contribution < 1.29 is 19.1 Å². The lowest BCUT2D eigenvalue weighted by Gasteiger charge is -2.24. The van der Waals surface area contributed by atoms with Gasteiger partial charge in [0.05, 0.1) is 0 Å². The van der Waals surface area contributed by atoms with Crippen LogP contribution in [0.3, 0.4) is 0 Å². The van der Waals surface area contributed by atoms with Crippen LogP contribution < -0.4 is 5.32 Å². The molecule has 1 saturated carbocycles. The molecule has 0 aromatic heterocycles. The molecule has 1 fully saturated rings. The smallest absolute Gasteiger partial charge is 0.412 e. The van der Waals surface area contributed by atoms with Gasteiger partial charge in [-0.2, -0.15) is 0 Å². The standard InChI is InChI=1S/C21H27NO4/c1-5-15-12-13(3)11-14(4)16(15)17-18(25-20(24)22-6-2)21(26-19(17)23)9-7-8-10-21/h11-12H,5-10H2,1-4H3,(H,22,24). The molecule has 0 atom stereocenters. The largest absolute Gasteiger partial charge is 0.447 e. The molecule has 2 aliphatic rings. The second-order valence-electron chi connectivity index (χ2n) is 7.18. The van der Waals surface area contributed by atoms with Gasteiger partial charge in [0, 0.05) is 6.54 Å². The van der Waals surface area contributed by atoms with Gasteiger partial charge >= 0.3 is 12.1 Å². The number of carbonyl (C=O) groups is 2. The van der Waals surface area contributed by atoms with Gasteiger partial charge < -0.3 is 14.8 Å². The number of hydrogen-bond acceptors (Lipinski definition) is 4. The number of aryl methyl sites for hydroxylation is 3. The van der Waals surface area contributed by atoms with Crippen LogP contribution in [0.2, 0.25) is 0 Å². The van der Waals surface area contributed by atoms with Crippen LogP contribution in [0.15, 0.2) is 17.9 Å². The second-order valence-corrected chi connectivity index (χ2v) is 7.18. The molecule has 1 aliphatic carbocycles. The molecular formula is C21H27NO4. The van der Waals surface area contributed by atoms with Gasteiger partial charge in [0.15, 0.2) is 11.4 Å². The van der Waals surface area contributed by atoms with Crippen molar-refractivity contribution in [2.45, 2.75) is 65.4 Å². The highest BCUT2D eigenvalue weighted by Gasteiger charge is 2.52. The van der Waals surface area contributed by atoms with Crippen LogP contribution in [0.25, 0.3) is 5.57 Å². The minimum Gasteiger partial charge on any atom is -0.447 e. The third-order valence-corrected chi connectivity index (χ3v) is 5.25. The van der Waals surface area contributed by atoms with E-state index in [9.17, 15) is 9.59 Å². The van der Waals surface area contributed by atoms with Crippen LogP contribution in [0.4, 0.5) is 4.79 Å². The summed E-state index contributed by atoms with van der Waals surface area (Å²) >= 11 is 0. The fraction of sp³-hybridized carbons (Fsp3) is 0.524. The molecule has 0 saturated heterocycles. The molecule has 1 N–H and O–H groups in total. The molecule has 0 bridgehead atoms. The summed E-state index contributed by atoms with van der Waals surface area (Å²) in [5.41, 5.74) is 3.71. The quantitative estimate of drug-likeness (QED) is 0.821. The van der Waals surface area contributed by atoms with Crippen LogP contribution >= 0.6 is 0 Å². The Bertz CT molecular complexity index is 772. The Balaban J connectivity index is 2.19. The first-order chi connectivity index (χ1) is 12.4. The average Bonchev–Trinajstić information content (AvgIpc) is 3.14. The fourth-order valence-electron chi connectivity index (χ4n) is 4.20. The Hall–Kier alpha value is -2.30. The van der Waals surface area contributed by atoms with Gasteiger partial charge in [-0.3, -0.25) is 0 Å². The summed E-state index contributed by atoms with van der Waals surface area (Å²) in [5.74, 6) is 0.0143. The third kappa shape index (κ3) is 3.11. The highest BCUT2D eigenvalue weighted by Crippen LogP contribution is 2.49. The van der Waals surface area contributed by atoms with Crippen molar-refractivity contribution in [2.75, 3.05) is 6.54 Å². The minimum absolute atomic E-state index is 0.382. The molecule has 3 rings (SSSR count). The summed E-state index contributed by atoms with van der Waals surface area (Å²) in [6, 6.07) is 4.14. The highest BCUT2D eigenvalue weighted by atomic mass is 16.6. The van der Waals surface area contributed by atoms with Crippen LogP contribution in [0.1, 0.15) is 61.8 Å². The molecule has 1 aliphatic heterocycles. The third-order valence-electron chi connectivity index (χ3n) is 5.25. The van der Waals surface area contributed by atoms with E-state index in [-0.39, 0.29) is 5.97 Å². The lowest BCUT2D eigenvalue weighted by molar-refractivity contribution is -0.146. The normalized spacial score (nSPS) is 18.4. The molecule has 0 unspecified atom stereocenters. The molecule has 5 heteroatoms. The summed E-state index contributed by atoms with van der Waals surface area (Å²) in [4.78, 5) is 25.1. The summed E-state index contributed by atoms with van der Waals surface area (Å²) in [7, 11) is 0. The highest BCUT2D eigenvalue weighted by molar-refractivity contribution is 6.21. The monoisotopic (exact) mass is 357 g/mol. The van der Waals surface area contributed by atoms with E-state index in [0.29, 0.717) is 30.7 Å². The summed E-state index contributed by atoms with van der Waals surface area (Å²) in [6.45, 7) is 8.39. The Morgan fingerprint density at radius 3 is 2.54 bits per heavy atom. The Labute approximate surface area is 154 Å². The predicted octanol–water partition coefficient (Wildman–Crippen LogP) is 4.19. The zero-order valence-electron chi connectivity index (χ0n) is 16.0. The van der Waals surface area contributed by atoms with Gasteiger partial charge in [0.25, 0.3) is 0 Å². The predicted molar refractivity (Wildman–Crippen MR) is 99.7 cm³/mol. The maximum Gasteiger partial charge on any atom is 0.412 e. The van der Waals surface area contributed by atoms with E-state index in [2.05, 4.69) is 24.4 Å². The van der Waals surface area contributed by atoms with E-state index in [0.717, 1.165) is 41.5 Å². The van der Waals surface area contributed by atoms with Crippen molar-refractivity contribution in [2.24, 2.45) is 0 Å². The molecule has 5 nitrogen and oxygen atoms in total. The van der Waals surface area contributed by atoms with Gasteiger partial charge in [0.2, 0.25) is 0 Å². The number of esters is 1. The van der Waals surface area contributed by atoms with Gasteiger partial charge in [-0.25, -0.2) is 9.59 Å². The molecule has 0 radical (unpaired) electrons. The molecular weight excluding hydrogens is 330 g/mol. The molecule has 1 spiro atoms. The Morgan fingerprint density at radius 1 is 1.23 bits per heavy atom. The second kappa shape index (κ2) is 7.14. The van der Waals surface area contributed by atoms with E-state index in [1.54, 1.807) is 0 Å². The summed E-state index contributed by atoms with van der Waals surface area (Å²) in [6.07, 6.45) is 3.56. The molecule has 26 heavy (non-hydrogen) atoms. The first-order valence-corrected chi connectivity index (χ1v) is 9.46. The van der Waals surface area contributed by atoms with E-state index >= 15 is 0 Å². The first-order valence-electron chi connectivity index (χ1n) is 9.46. The lowest BCUT2D eigenvalue weighted by Crippen LogP contribution is -2.33. The van der Waals surface area contributed by atoms with Gasteiger partial charge in [-0.1, -0.05) is 24.6 Å². The topological polar surface area (TPSA) is 64.6 Å². The number of hydrogen-bond donors (Lipinski definition) is 1. The SMILES string of the molecule is CCNC(=O)OC1=C(c2c(C)cc(C)cc2CC)C(=O)OC12CCCC2. The molecule has 140 valence electrons. The molecule has 1 aromatic carbocycles. The van der Waals surface area contributed by atoms with Crippen molar-refractivity contribution >= 4 is 17.6 Å². The average molecular weight is 357 g/mol. The maximum atomic E-state index is 12.9.